The van der Waals surface area contributed by atoms with E-state index in [1.54, 1.807) is 24.3 Å². The zero-order valence-electron chi connectivity index (χ0n) is 20.4. The predicted molar refractivity (Wildman–Crippen MR) is 140 cm³/mol. The highest BCUT2D eigenvalue weighted by molar-refractivity contribution is 6.11. The molecule has 0 saturated carbocycles. The summed E-state index contributed by atoms with van der Waals surface area (Å²) < 4.78 is 1.23. The number of hydrogen-bond acceptors (Lipinski definition) is 5. The van der Waals surface area contributed by atoms with Crippen LogP contribution in [0.4, 0.5) is 11.5 Å². The lowest BCUT2D eigenvalue weighted by Crippen LogP contribution is -2.45. The predicted octanol–water partition coefficient (Wildman–Crippen LogP) is 2.67. The standard InChI is InChI=1S/C27H29N5O4/c1-17(2)13-14-30(22(33)16-31-18(3)20-11-7-8-12-21(20)26(31)35)23-24(28)32(27(36)29-25(23)34)15-19-9-5-4-6-10-19/h4-12,17H,3,13-16,28H2,1-2H3,(H,29,34,36). The Balaban J connectivity index is 1.71. The summed E-state index contributed by atoms with van der Waals surface area (Å²) in [6, 6.07) is 16.2. The molecule has 3 aromatic rings. The van der Waals surface area contributed by atoms with Crippen LogP contribution in [0.25, 0.3) is 5.70 Å². The fraction of sp³-hybridized carbons (Fsp3) is 0.259. The zero-order chi connectivity index (χ0) is 26.0. The number of aromatic nitrogens is 2. The number of nitrogens with zero attached hydrogens (tertiary/aromatic N) is 3. The lowest BCUT2D eigenvalue weighted by atomic mass is 10.1. The van der Waals surface area contributed by atoms with Gasteiger partial charge in [0.25, 0.3) is 11.5 Å². The number of rotatable bonds is 8. The van der Waals surface area contributed by atoms with Crippen molar-refractivity contribution in [3.8, 4) is 0 Å². The summed E-state index contributed by atoms with van der Waals surface area (Å²) in [5.41, 5.74) is 7.19. The van der Waals surface area contributed by atoms with Gasteiger partial charge in [-0.2, -0.15) is 0 Å². The maximum absolute atomic E-state index is 13.6. The molecule has 0 spiro atoms. The van der Waals surface area contributed by atoms with Crippen LogP contribution in [0.5, 0.6) is 0 Å². The Morgan fingerprint density at radius 3 is 2.31 bits per heavy atom. The number of nitrogen functional groups attached to an aromatic ring is 1. The van der Waals surface area contributed by atoms with Crippen molar-refractivity contribution in [2.75, 3.05) is 23.7 Å². The van der Waals surface area contributed by atoms with Crippen molar-refractivity contribution in [3.63, 3.8) is 0 Å². The van der Waals surface area contributed by atoms with Gasteiger partial charge in [0, 0.05) is 23.4 Å². The second kappa shape index (κ2) is 10.1. The van der Waals surface area contributed by atoms with E-state index >= 15 is 0 Å². The molecule has 36 heavy (non-hydrogen) atoms. The van der Waals surface area contributed by atoms with Crippen LogP contribution in [0, 0.1) is 5.92 Å². The number of anilines is 2. The second-order valence-electron chi connectivity index (χ2n) is 9.18. The molecule has 1 aliphatic heterocycles. The van der Waals surface area contributed by atoms with Crippen molar-refractivity contribution < 1.29 is 9.59 Å². The molecule has 1 aromatic heterocycles. The van der Waals surface area contributed by atoms with Crippen molar-refractivity contribution in [2.45, 2.75) is 26.8 Å². The molecule has 0 aliphatic carbocycles. The van der Waals surface area contributed by atoms with Gasteiger partial charge in [-0.15, -0.1) is 0 Å². The SMILES string of the molecule is C=C1c2ccccc2C(=O)N1CC(=O)N(CCC(C)C)c1c(N)n(Cc2ccccc2)c(=O)[nH]c1=O. The summed E-state index contributed by atoms with van der Waals surface area (Å²) >= 11 is 0. The van der Waals surface area contributed by atoms with Crippen LogP contribution in [0.1, 0.15) is 41.8 Å². The third kappa shape index (κ3) is 4.72. The molecule has 1 aliphatic rings. The second-order valence-corrected chi connectivity index (χ2v) is 9.18. The van der Waals surface area contributed by atoms with Crippen LogP contribution in [0.15, 0.2) is 70.8 Å². The van der Waals surface area contributed by atoms with Gasteiger partial charge in [-0.3, -0.25) is 28.8 Å². The summed E-state index contributed by atoms with van der Waals surface area (Å²) in [5.74, 6) is -0.716. The van der Waals surface area contributed by atoms with Crippen LogP contribution in [0.3, 0.4) is 0 Å². The van der Waals surface area contributed by atoms with Crippen LogP contribution >= 0.6 is 0 Å². The number of nitrogens with one attached hydrogen (secondary N) is 1. The molecule has 0 radical (unpaired) electrons. The molecule has 0 saturated heterocycles. The first-order chi connectivity index (χ1) is 17.2. The number of H-pyrrole nitrogens is 1. The average molecular weight is 488 g/mol. The summed E-state index contributed by atoms with van der Waals surface area (Å²) in [6.45, 7) is 7.98. The Bertz CT molecular complexity index is 1400. The van der Waals surface area contributed by atoms with Gasteiger partial charge in [0.05, 0.1) is 6.54 Å². The number of benzene rings is 2. The van der Waals surface area contributed by atoms with Crippen LogP contribution < -0.4 is 21.9 Å². The largest absolute Gasteiger partial charge is 0.383 e. The molecule has 0 bridgehead atoms. The van der Waals surface area contributed by atoms with Crippen LogP contribution in [-0.2, 0) is 11.3 Å². The fourth-order valence-corrected chi connectivity index (χ4v) is 4.23. The van der Waals surface area contributed by atoms with Gasteiger partial charge in [0.1, 0.15) is 12.4 Å². The molecule has 2 heterocycles. The van der Waals surface area contributed by atoms with Gasteiger partial charge in [-0.25, -0.2) is 4.79 Å². The molecule has 9 nitrogen and oxygen atoms in total. The Labute approximate surface area is 208 Å². The summed E-state index contributed by atoms with van der Waals surface area (Å²) in [6.07, 6.45) is 0.581. The molecule has 0 unspecified atom stereocenters. The number of carbonyl (C=O) groups excluding carboxylic acids is 2. The van der Waals surface area contributed by atoms with Crippen molar-refractivity contribution in [3.05, 3.63) is 98.7 Å². The highest BCUT2D eigenvalue weighted by Crippen LogP contribution is 2.31. The molecular formula is C27H29N5O4. The monoisotopic (exact) mass is 487 g/mol. The minimum atomic E-state index is -0.756. The normalized spacial score (nSPS) is 12.8. The van der Waals surface area contributed by atoms with E-state index in [0.29, 0.717) is 23.2 Å². The summed E-state index contributed by atoms with van der Waals surface area (Å²) in [5, 5.41) is 0. The maximum atomic E-state index is 13.6. The summed E-state index contributed by atoms with van der Waals surface area (Å²) in [7, 11) is 0. The first kappa shape index (κ1) is 24.7. The topological polar surface area (TPSA) is 121 Å². The van der Waals surface area contributed by atoms with E-state index in [9.17, 15) is 19.2 Å². The van der Waals surface area contributed by atoms with E-state index < -0.39 is 17.2 Å². The molecule has 3 N–H and O–H groups in total. The van der Waals surface area contributed by atoms with E-state index in [2.05, 4.69) is 11.6 Å². The maximum Gasteiger partial charge on any atom is 0.330 e. The van der Waals surface area contributed by atoms with E-state index in [0.717, 1.165) is 5.56 Å². The molecule has 186 valence electrons. The molecule has 2 aromatic carbocycles. The molecule has 9 heteroatoms. The molecular weight excluding hydrogens is 458 g/mol. The van der Waals surface area contributed by atoms with Crippen molar-refractivity contribution >= 4 is 29.0 Å². The zero-order valence-corrected chi connectivity index (χ0v) is 20.4. The Morgan fingerprint density at radius 2 is 1.67 bits per heavy atom. The van der Waals surface area contributed by atoms with Crippen molar-refractivity contribution in [1.29, 1.82) is 0 Å². The van der Waals surface area contributed by atoms with Gasteiger partial charge >= 0.3 is 5.69 Å². The van der Waals surface area contributed by atoms with Gasteiger partial charge < -0.3 is 10.6 Å². The number of nitrogens with two attached hydrogens (primary N) is 1. The van der Waals surface area contributed by atoms with E-state index in [-0.39, 0.29) is 43.0 Å². The molecule has 2 amide bonds. The smallest absolute Gasteiger partial charge is 0.330 e. The number of fused-ring (bicyclic) bond motifs is 1. The average Bonchev–Trinajstić information content (AvgIpc) is 3.09. The Hall–Kier alpha value is -4.40. The van der Waals surface area contributed by atoms with Crippen LogP contribution in [-0.4, -0.2) is 39.4 Å². The molecule has 0 fully saturated rings. The first-order valence-corrected chi connectivity index (χ1v) is 11.8. The fourth-order valence-electron chi connectivity index (χ4n) is 4.23. The first-order valence-electron chi connectivity index (χ1n) is 11.8. The van der Waals surface area contributed by atoms with Gasteiger partial charge in [-0.05, 0) is 24.0 Å². The third-order valence-electron chi connectivity index (χ3n) is 6.23. The lowest BCUT2D eigenvalue weighted by molar-refractivity contribution is -0.118. The molecule has 0 atom stereocenters. The number of carbonyl (C=O) groups is 2. The Morgan fingerprint density at radius 1 is 1.03 bits per heavy atom. The highest BCUT2D eigenvalue weighted by Gasteiger charge is 2.34. The van der Waals surface area contributed by atoms with E-state index in [1.165, 1.54) is 14.4 Å². The Kier molecular flexibility index (Phi) is 6.91. The third-order valence-corrected chi connectivity index (χ3v) is 6.23. The number of amides is 2. The summed E-state index contributed by atoms with van der Waals surface area (Å²) in [4.78, 5) is 57.0. The quantitative estimate of drug-likeness (QED) is 0.506. The minimum Gasteiger partial charge on any atom is -0.383 e. The number of aromatic amines is 1. The van der Waals surface area contributed by atoms with Crippen molar-refractivity contribution in [2.24, 2.45) is 5.92 Å². The van der Waals surface area contributed by atoms with E-state index in [4.69, 9.17) is 5.73 Å². The van der Waals surface area contributed by atoms with Crippen molar-refractivity contribution in [1.82, 2.24) is 14.5 Å². The molecule has 4 rings (SSSR count). The number of hydrogen-bond donors (Lipinski definition) is 2. The van der Waals surface area contributed by atoms with Gasteiger partial charge in [-0.1, -0.05) is 69.0 Å². The highest BCUT2D eigenvalue weighted by atomic mass is 16.2. The minimum absolute atomic E-state index is 0.106. The van der Waals surface area contributed by atoms with E-state index in [1.807, 2.05) is 44.2 Å². The lowest BCUT2D eigenvalue weighted by Gasteiger charge is -2.27. The van der Waals surface area contributed by atoms with Gasteiger partial charge in [0.2, 0.25) is 5.91 Å². The van der Waals surface area contributed by atoms with Crippen LogP contribution in [0.2, 0.25) is 0 Å². The van der Waals surface area contributed by atoms with Gasteiger partial charge in [0.15, 0.2) is 5.69 Å².